The van der Waals surface area contributed by atoms with Gasteiger partial charge in [0.1, 0.15) is 5.76 Å². The van der Waals surface area contributed by atoms with Crippen LogP contribution in [-0.4, -0.2) is 15.8 Å². The SMILES string of the molecule is CC(C)(C)C(=O)C=c1[nH]c(=O)c(=Cc2ccc(-c3nc4ccccc4s3)o2)s1. The number of ketones is 1. The van der Waals surface area contributed by atoms with Crippen molar-refractivity contribution in [3.05, 3.63) is 61.7 Å². The summed E-state index contributed by atoms with van der Waals surface area (Å²) in [6.45, 7) is 5.53. The summed E-state index contributed by atoms with van der Waals surface area (Å²) in [6.07, 6.45) is 3.16. The van der Waals surface area contributed by atoms with E-state index in [1.807, 2.05) is 57.2 Å². The third-order valence-electron chi connectivity index (χ3n) is 4.09. The Morgan fingerprint density at radius 1 is 1.14 bits per heavy atom. The number of H-pyrrole nitrogens is 1. The standard InChI is InChI=1S/C21H18N2O3S2/c1-21(2,3)17(24)11-18-23-19(25)16(27-18)10-12-8-9-14(26-12)20-22-13-6-4-5-7-15(13)28-20/h4-11H,1-3H3,(H,23,25). The summed E-state index contributed by atoms with van der Waals surface area (Å²) >= 11 is 2.79. The molecular formula is C21H18N2O3S2. The summed E-state index contributed by atoms with van der Waals surface area (Å²) < 4.78 is 7.99. The molecule has 0 saturated heterocycles. The second kappa shape index (κ2) is 7.00. The molecule has 0 radical (unpaired) electrons. The van der Waals surface area contributed by atoms with Gasteiger partial charge in [-0.1, -0.05) is 32.9 Å². The Hall–Kier alpha value is -2.77. The molecule has 0 spiro atoms. The first kappa shape index (κ1) is 18.6. The number of Topliss-reactive ketones (excluding diaryl/α,β-unsaturated/α-hetero) is 1. The Morgan fingerprint density at radius 2 is 1.93 bits per heavy atom. The molecule has 4 rings (SSSR count). The first-order valence-corrected chi connectivity index (χ1v) is 10.4. The van der Waals surface area contributed by atoms with Gasteiger partial charge >= 0.3 is 0 Å². The number of benzene rings is 1. The molecule has 1 N–H and O–H groups in total. The average molecular weight is 411 g/mol. The molecule has 5 nitrogen and oxygen atoms in total. The van der Waals surface area contributed by atoms with E-state index in [9.17, 15) is 9.59 Å². The highest BCUT2D eigenvalue weighted by Gasteiger charge is 2.18. The molecule has 0 aliphatic heterocycles. The van der Waals surface area contributed by atoms with E-state index in [1.54, 1.807) is 17.4 Å². The van der Waals surface area contributed by atoms with Crippen LogP contribution in [0, 0.1) is 5.41 Å². The minimum Gasteiger partial charge on any atom is -0.454 e. The summed E-state index contributed by atoms with van der Waals surface area (Å²) in [5.41, 5.74) is 0.205. The van der Waals surface area contributed by atoms with Gasteiger partial charge in [0, 0.05) is 17.6 Å². The normalized spacial score (nSPS) is 13.5. The maximum atomic E-state index is 12.2. The summed E-state index contributed by atoms with van der Waals surface area (Å²) in [4.78, 5) is 31.7. The number of aromatic nitrogens is 2. The van der Waals surface area contributed by atoms with E-state index in [0.717, 1.165) is 15.2 Å². The molecule has 0 fully saturated rings. The molecule has 0 saturated carbocycles. The van der Waals surface area contributed by atoms with Gasteiger partial charge in [0.25, 0.3) is 5.56 Å². The quantitative estimate of drug-likeness (QED) is 0.561. The van der Waals surface area contributed by atoms with E-state index < -0.39 is 5.41 Å². The van der Waals surface area contributed by atoms with Crippen molar-refractivity contribution in [2.24, 2.45) is 5.41 Å². The van der Waals surface area contributed by atoms with E-state index in [1.165, 1.54) is 17.4 Å². The van der Waals surface area contributed by atoms with Crippen molar-refractivity contribution in [3.63, 3.8) is 0 Å². The lowest BCUT2D eigenvalue weighted by Gasteiger charge is -2.12. The number of fused-ring (bicyclic) bond motifs is 1. The van der Waals surface area contributed by atoms with E-state index in [2.05, 4.69) is 9.97 Å². The Morgan fingerprint density at radius 3 is 2.68 bits per heavy atom. The highest BCUT2D eigenvalue weighted by molar-refractivity contribution is 7.21. The van der Waals surface area contributed by atoms with Gasteiger partial charge in [-0.05, 0) is 24.3 Å². The molecule has 0 aliphatic rings. The number of aromatic amines is 1. The first-order valence-electron chi connectivity index (χ1n) is 8.72. The molecule has 0 unspecified atom stereocenters. The maximum absolute atomic E-state index is 12.2. The summed E-state index contributed by atoms with van der Waals surface area (Å²) in [7, 11) is 0. The zero-order chi connectivity index (χ0) is 19.9. The maximum Gasteiger partial charge on any atom is 0.266 e. The average Bonchev–Trinajstić information content (AvgIpc) is 3.33. The highest BCUT2D eigenvalue weighted by atomic mass is 32.1. The number of nitrogens with one attached hydrogen (secondary N) is 1. The lowest BCUT2D eigenvalue weighted by molar-refractivity contribution is -0.119. The fraction of sp³-hybridized carbons (Fsp3) is 0.190. The monoisotopic (exact) mass is 410 g/mol. The Kier molecular flexibility index (Phi) is 4.64. The predicted molar refractivity (Wildman–Crippen MR) is 114 cm³/mol. The Labute approximate surface area is 168 Å². The molecule has 3 heterocycles. The van der Waals surface area contributed by atoms with E-state index in [4.69, 9.17) is 4.42 Å². The molecule has 142 valence electrons. The largest absolute Gasteiger partial charge is 0.454 e. The van der Waals surface area contributed by atoms with Crippen LogP contribution in [0.2, 0.25) is 0 Å². The number of hydrogen-bond donors (Lipinski definition) is 1. The van der Waals surface area contributed by atoms with E-state index in [0.29, 0.717) is 20.7 Å². The molecule has 0 aliphatic carbocycles. The van der Waals surface area contributed by atoms with Crippen LogP contribution in [0.3, 0.4) is 0 Å². The van der Waals surface area contributed by atoms with Crippen molar-refractivity contribution in [1.29, 1.82) is 0 Å². The molecule has 0 atom stereocenters. The number of rotatable bonds is 3. The van der Waals surface area contributed by atoms with Gasteiger partial charge in [-0.15, -0.1) is 22.7 Å². The number of carbonyl (C=O) groups is 1. The minimum atomic E-state index is -0.488. The van der Waals surface area contributed by atoms with Gasteiger partial charge in [0.05, 0.1) is 19.4 Å². The van der Waals surface area contributed by atoms with Crippen LogP contribution >= 0.6 is 22.7 Å². The van der Waals surface area contributed by atoms with E-state index >= 15 is 0 Å². The smallest absolute Gasteiger partial charge is 0.266 e. The van der Waals surface area contributed by atoms with Gasteiger partial charge in [0.2, 0.25) is 0 Å². The summed E-state index contributed by atoms with van der Waals surface area (Å²) in [5, 5.41) is 0.797. The highest BCUT2D eigenvalue weighted by Crippen LogP contribution is 2.31. The summed E-state index contributed by atoms with van der Waals surface area (Å²) in [6, 6.07) is 11.6. The van der Waals surface area contributed by atoms with Crippen LogP contribution < -0.4 is 14.8 Å². The Bertz CT molecular complexity index is 1310. The number of thiazole rings is 2. The van der Waals surface area contributed by atoms with Crippen molar-refractivity contribution >= 4 is 50.8 Å². The van der Waals surface area contributed by atoms with Crippen LogP contribution in [0.15, 0.2) is 45.6 Å². The lowest BCUT2D eigenvalue weighted by atomic mass is 9.91. The topological polar surface area (TPSA) is 76.0 Å². The molecule has 0 bridgehead atoms. The molecule has 0 amide bonds. The van der Waals surface area contributed by atoms with Crippen molar-refractivity contribution in [3.8, 4) is 10.8 Å². The molecule has 7 heteroatoms. The van der Waals surface area contributed by atoms with Crippen LogP contribution in [0.4, 0.5) is 0 Å². The van der Waals surface area contributed by atoms with Crippen LogP contribution in [0.5, 0.6) is 0 Å². The van der Waals surface area contributed by atoms with Crippen LogP contribution in [0.25, 0.3) is 33.1 Å². The van der Waals surface area contributed by atoms with Crippen LogP contribution in [-0.2, 0) is 4.79 Å². The Balaban J connectivity index is 1.68. The predicted octanol–water partition coefficient (Wildman–Crippen LogP) is 3.53. The molecule has 1 aromatic carbocycles. The minimum absolute atomic E-state index is 0.0346. The molecule has 28 heavy (non-hydrogen) atoms. The van der Waals surface area contributed by atoms with Crippen molar-refractivity contribution in [2.75, 3.05) is 0 Å². The third-order valence-corrected chi connectivity index (χ3v) is 6.10. The molecule has 3 aromatic heterocycles. The number of nitrogens with zero attached hydrogens (tertiary/aromatic N) is 1. The molecular weight excluding hydrogens is 392 g/mol. The third kappa shape index (κ3) is 3.76. The van der Waals surface area contributed by atoms with Gasteiger partial charge in [-0.3, -0.25) is 9.59 Å². The number of carbonyl (C=O) groups excluding carboxylic acids is 1. The van der Waals surface area contributed by atoms with Gasteiger partial charge in [-0.25, -0.2) is 4.98 Å². The van der Waals surface area contributed by atoms with Crippen molar-refractivity contribution in [2.45, 2.75) is 20.8 Å². The molecule has 4 aromatic rings. The van der Waals surface area contributed by atoms with Gasteiger partial charge in [0.15, 0.2) is 16.6 Å². The lowest BCUT2D eigenvalue weighted by Crippen LogP contribution is -2.22. The number of furan rings is 1. The fourth-order valence-electron chi connectivity index (χ4n) is 2.51. The zero-order valence-corrected chi connectivity index (χ0v) is 17.2. The van der Waals surface area contributed by atoms with Gasteiger partial charge in [-0.2, -0.15) is 0 Å². The zero-order valence-electron chi connectivity index (χ0n) is 15.6. The van der Waals surface area contributed by atoms with Gasteiger partial charge < -0.3 is 9.40 Å². The van der Waals surface area contributed by atoms with Crippen molar-refractivity contribution in [1.82, 2.24) is 9.97 Å². The van der Waals surface area contributed by atoms with E-state index in [-0.39, 0.29) is 11.3 Å². The van der Waals surface area contributed by atoms with Crippen molar-refractivity contribution < 1.29 is 9.21 Å². The van der Waals surface area contributed by atoms with Crippen LogP contribution in [0.1, 0.15) is 26.5 Å². The fourth-order valence-corrected chi connectivity index (χ4v) is 4.30. The number of hydrogen-bond acceptors (Lipinski definition) is 6. The number of para-hydroxylation sites is 1. The second-order valence-electron chi connectivity index (χ2n) is 7.38. The first-order chi connectivity index (χ1) is 13.3. The second-order valence-corrected chi connectivity index (χ2v) is 9.49. The summed E-state index contributed by atoms with van der Waals surface area (Å²) in [5.74, 6) is 1.19.